The highest BCUT2D eigenvalue weighted by atomic mass is 16.5. The van der Waals surface area contributed by atoms with E-state index >= 15 is 0 Å². The summed E-state index contributed by atoms with van der Waals surface area (Å²) in [5.41, 5.74) is 3.95. The quantitative estimate of drug-likeness (QED) is 0.319. The van der Waals surface area contributed by atoms with E-state index < -0.39 is 5.97 Å². The van der Waals surface area contributed by atoms with Gasteiger partial charge in [-0.2, -0.15) is 5.10 Å². The highest BCUT2D eigenvalue weighted by Gasteiger charge is 2.20. The smallest absolute Gasteiger partial charge is 0.355 e. The van der Waals surface area contributed by atoms with Gasteiger partial charge in [-0.1, -0.05) is 12.1 Å². The monoisotopic (exact) mass is 480 g/mol. The molecule has 0 aliphatic carbocycles. The molecule has 0 radical (unpaired) electrons. The Morgan fingerprint density at radius 3 is 2.47 bits per heavy atom. The second-order valence-electron chi connectivity index (χ2n) is 8.10. The van der Waals surface area contributed by atoms with E-state index in [9.17, 15) is 9.59 Å². The van der Waals surface area contributed by atoms with Crippen LogP contribution in [0.3, 0.4) is 0 Å². The molecule has 36 heavy (non-hydrogen) atoms. The minimum atomic E-state index is -0.548. The zero-order valence-corrected chi connectivity index (χ0v) is 19.9. The highest BCUT2D eigenvalue weighted by Crippen LogP contribution is 2.26. The molecule has 180 valence electrons. The van der Waals surface area contributed by atoms with Crippen LogP contribution in [0.5, 0.6) is 5.75 Å². The number of rotatable bonds is 7. The second kappa shape index (κ2) is 9.87. The SMILES string of the molecule is CCOC(=O)c1cc(=O)c2ccccc2n1Cc1cn(-c2ccc(OC)cc2)nc1-c1ccncc1. The van der Waals surface area contributed by atoms with Gasteiger partial charge in [-0.05, 0) is 55.5 Å². The molecule has 0 amide bonds. The third-order valence-electron chi connectivity index (χ3n) is 5.91. The summed E-state index contributed by atoms with van der Waals surface area (Å²) < 4.78 is 14.2. The Kier molecular flexibility index (Phi) is 6.32. The van der Waals surface area contributed by atoms with Gasteiger partial charge >= 0.3 is 5.97 Å². The van der Waals surface area contributed by atoms with E-state index in [0.717, 1.165) is 28.3 Å². The molecule has 8 nitrogen and oxygen atoms in total. The Balaban J connectivity index is 1.69. The minimum absolute atomic E-state index is 0.193. The summed E-state index contributed by atoms with van der Waals surface area (Å²) in [6, 6.07) is 20.0. The van der Waals surface area contributed by atoms with Crippen molar-refractivity contribution in [2.45, 2.75) is 13.5 Å². The minimum Gasteiger partial charge on any atom is -0.497 e. The van der Waals surface area contributed by atoms with Crippen molar-refractivity contribution in [3.05, 3.63) is 107 Å². The van der Waals surface area contributed by atoms with Crippen molar-refractivity contribution in [1.82, 2.24) is 19.3 Å². The van der Waals surface area contributed by atoms with Gasteiger partial charge in [0.15, 0.2) is 5.43 Å². The predicted molar refractivity (Wildman–Crippen MR) is 137 cm³/mol. The van der Waals surface area contributed by atoms with E-state index in [1.807, 2.05) is 65.4 Å². The fraction of sp³-hybridized carbons (Fsp3) is 0.143. The van der Waals surface area contributed by atoms with Crippen molar-refractivity contribution in [2.24, 2.45) is 0 Å². The molecule has 2 aromatic carbocycles. The van der Waals surface area contributed by atoms with Crippen molar-refractivity contribution < 1.29 is 14.3 Å². The molecule has 0 spiro atoms. The van der Waals surface area contributed by atoms with E-state index in [1.165, 1.54) is 6.07 Å². The largest absolute Gasteiger partial charge is 0.497 e. The number of carbonyl (C=O) groups is 1. The van der Waals surface area contributed by atoms with E-state index in [0.29, 0.717) is 17.4 Å². The number of hydrogen-bond acceptors (Lipinski definition) is 6. The first-order valence-electron chi connectivity index (χ1n) is 11.5. The summed E-state index contributed by atoms with van der Waals surface area (Å²) in [5, 5.41) is 5.39. The standard InChI is InChI=1S/C28H24N4O4/c1-3-36-28(34)25-16-26(33)23-6-4-5-7-24(23)31(25)17-20-18-32(21-8-10-22(35-2)11-9-21)30-27(20)19-12-14-29-15-13-19/h4-16,18H,3,17H2,1-2H3. The van der Waals surface area contributed by atoms with Crippen LogP contribution in [0.2, 0.25) is 0 Å². The predicted octanol–water partition coefficient (Wildman–Crippen LogP) is 4.48. The molecule has 0 aliphatic rings. The van der Waals surface area contributed by atoms with Crippen molar-refractivity contribution >= 4 is 16.9 Å². The van der Waals surface area contributed by atoms with Gasteiger partial charge in [0.1, 0.15) is 11.4 Å². The number of carbonyl (C=O) groups excluding carboxylic acids is 1. The van der Waals surface area contributed by atoms with Crippen LogP contribution in [0, 0.1) is 0 Å². The van der Waals surface area contributed by atoms with Gasteiger partial charge in [0, 0.05) is 41.2 Å². The van der Waals surface area contributed by atoms with E-state index in [4.69, 9.17) is 14.6 Å². The van der Waals surface area contributed by atoms with Crippen LogP contribution in [0.4, 0.5) is 0 Å². The summed E-state index contributed by atoms with van der Waals surface area (Å²) in [4.78, 5) is 29.8. The number of benzene rings is 2. The number of methoxy groups -OCH3 is 1. The molecule has 5 aromatic rings. The van der Waals surface area contributed by atoms with Crippen LogP contribution >= 0.6 is 0 Å². The van der Waals surface area contributed by atoms with Crippen LogP contribution < -0.4 is 10.2 Å². The average Bonchev–Trinajstić information content (AvgIpc) is 3.34. The number of ether oxygens (including phenoxy) is 2. The highest BCUT2D eigenvalue weighted by molar-refractivity contribution is 5.92. The summed E-state index contributed by atoms with van der Waals surface area (Å²) in [5.74, 6) is 0.202. The molecule has 0 saturated carbocycles. The van der Waals surface area contributed by atoms with Gasteiger partial charge < -0.3 is 14.0 Å². The number of pyridine rings is 2. The van der Waals surface area contributed by atoms with Gasteiger partial charge in [-0.25, -0.2) is 9.48 Å². The van der Waals surface area contributed by atoms with Gasteiger partial charge in [-0.15, -0.1) is 0 Å². The van der Waals surface area contributed by atoms with Crippen molar-refractivity contribution in [1.29, 1.82) is 0 Å². The van der Waals surface area contributed by atoms with E-state index in [-0.39, 0.29) is 17.7 Å². The van der Waals surface area contributed by atoms with Crippen LogP contribution in [-0.2, 0) is 11.3 Å². The summed E-state index contributed by atoms with van der Waals surface area (Å²) in [6.07, 6.45) is 5.36. The summed E-state index contributed by atoms with van der Waals surface area (Å²) in [7, 11) is 1.62. The van der Waals surface area contributed by atoms with Crippen LogP contribution in [0.25, 0.3) is 27.8 Å². The molecule has 0 atom stereocenters. The van der Waals surface area contributed by atoms with E-state index in [2.05, 4.69) is 4.98 Å². The molecule has 0 bridgehead atoms. The molecular formula is C28H24N4O4. The Bertz CT molecular complexity index is 1590. The second-order valence-corrected chi connectivity index (χ2v) is 8.10. The van der Waals surface area contributed by atoms with Gasteiger partial charge in [-0.3, -0.25) is 9.78 Å². The lowest BCUT2D eigenvalue weighted by Crippen LogP contribution is -2.20. The number of nitrogens with zero attached hydrogens (tertiary/aromatic N) is 4. The molecule has 3 heterocycles. The Labute approximate surface area is 207 Å². The first-order chi connectivity index (χ1) is 17.6. The van der Waals surface area contributed by atoms with Gasteiger partial charge in [0.2, 0.25) is 0 Å². The first-order valence-corrected chi connectivity index (χ1v) is 11.5. The summed E-state index contributed by atoms with van der Waals surface area (Å²) in [6.45, 7) is 2.24. The number of fused-ring (bicyclic) bond motifs is 1. The zero-order chi connectivity index (χ0) is 25.1. The third kappa shape index (κ3) is 4.36. The lowest BCUT2D eigenvalue weighted by atomic mass is 10.1. The molecular weight excluding hydrogens is 456 g/mol. The molecule has 0 unspecified atom stereocenters. The molecule has 8 heteroatoms. The maximum Gasteiger partial charge on any atom is 0.355 e. The summed E-state index contributed by atoms with van der Waals surface area (Å²) >= 11 is 0. The fourth-order valence-corrected chi connectivity index (χ4v) is 4.19. The molecule has 0 fully saturated rings. The normalized spacial score (nSPS) is 10.9. The topological polar surface area (TPSA) is 88.2 Å². The molecule has 0 aliphatic heterocycles. The lowest BCUT2D eigenvalue weighted by molar-refractivity contribution is 0.0514. The number of aromatic nitrogens is 4. The molecule has 0 N–H and O–H groups in total. The van der Waals surface area contributed by atoms with Gasteiger partial charge in [0.25, 0.3) is 0 Å². The Morgan fingerprint density at radius 2 is 1.75 bits per heavy atom. The van der Waals surface area contributed by atoms with Crippen molar-refractivity contribution in [2.75, 3.05) is 13.7 Å². The fourth-order valence-electron chi connectivity index (χ4n) is 4.19. The maximum atomic E-state index is 12.9. The lowest BCUT2D eigenvalue weighted by Gasteiger charge is -2.16. The maximum absolute atomic E-state index is 12.9. The first kappa shape index (κ1) is 23.0. The number of hydrogen-bond donors (Lipinski definition) is 0. The number of para-hydroxylation sites is 1. The molecule has 5 rings (SSSR count). The Hall–Kier alpha value is -4.72. The van der Waals surface area contributed by atoms with Crippen LogP contribution in [-0.4, -0.2) is 39.0 Å². The van der Waals surface area contributed by atoms with Crippen LogP contribution in [0.1, 0.15) is 23.0 Å². The van der Waals surface area contributed by atoms with Crippen molar-refractivity contribution in [3.63, 3.8) is 0 Å². The van der Waals surface area contributed by atoms with Gasteiger partial charge in [0.05, 0.1) is 37.2 Å². The van der Waals surface area contributed by atoms with Crippen LogP contribution in [0.15, 0.2) is 90.1 Å². The number of esters is 1. The molecule has 0 saturated heterocycles. The molecule has 3 aromatic heterocycles. The third-order valence-corrected chi connectivity index (χ3v) is 5.91. The zero-order valence-electron chi connectivity index (χ0n) is 19.9. The van der Waals surface area contributed by atoms with Crippen molar-refractivity contribution in [3.8, 4) is 22.7 Å². The Morgan fingerprint density at radius 1 is 1.00 bits per heavy atom. The average molecular weight is 481 g/mol. The van der Waals surface area contributed by atoms with E-state index in [1.54, 1.807) is 37.2 Å².